The Labute approximate surface area is 278 Å². The molecule has 8 nitrogen and oxygen atoms in total. The van der Waals surface area contributed by atoms with Crippen molar-refractivity contribution >= 4 is 17.8 Å². The molecular weight excluding hydrogens is 586 g/mol. The average molecular weight is 634 g/mol. The maximum atomic E-state index is 13.4. The summed E-state index contributed by atoms with van der Waals surface area (Å²) in [6, 6.07) is 13.6. The van der Waals surface area contributed by atoms with Crippen LogP contribution in [0.25, 0.3) is 28.1 Å². The summed E-state index contributed by atoms with van der Waals surface area (Å²) >= 11 is 0. The van der Waals surface area contributed by atoms with Gasteiger partial charge in [-0.05, 0) is 91.2 Å². The number of nitrogens with one attached hydrogen (secondary N) is 1. The van der Waals surface area contributed by atoms with Gasteiger partial charge >= 0.3 is 0 Å². The number of nitrogens with zero attached hydrogens (tertiary/aromatic N) is 4. The largest absolute Gasteiger partial charge is 0.486 e. The molecule has 0 unspecified atom stereocenters. The van der Waals surface area contributed by atoms with Crippen LogP contribution in [0.1, 0.15) is 83.9 Å². The molecule has 1 saturated heterocycles. The highest BCUT2D eigenvalue weighted by atomic mass is 16.5. The van der Waals surface area contributed by atoms with Gasteiger partial charge in [-0.3, -0.25) is 19.3 Å². The van der Waals surface area contributed by atoms with E-state index in [1.165, 1.54) is 23.1 Å². The highest BCUT2D eigenvalue weighted by Gasteiger charge is 2.43. The number of carbonyl (C=O) groups excluding carboxylic acids is 2. The van der Waals surface area contributed by atoms with E-state index in [9.17, 15) is 9.59 Å². The number of likely N-dealkylation sites (tertiary alicyclic amines) is 1. The summed E-state index contributed by atoms with van der Waals surface area (Å²) in [5, 5.41) is 7.73. The molecule has 0 bridgehead atoms. The molecule has 2 aromatic carbocycles. The van der Waals surface area contributed by atoms with Crippen molar-refractivity contribution in [2.45, 2.75) is 64.9 Å². The molecular formula is C39H47N5O3. The number of aromatic nitrogens is 3. The van der Waals surface area contributed by atoms with Gasteiger partial charge in [-0.15, -0.1) is 0 Å². The predicted octanol–water partition coefficient (Wildman–Crippen LogP) is 7.17. The maximum Gasteiger partial charge on any atom is 0.170 e. The van der Waals surface area contributed by atoms with Gasteiger partial charge in [-0.2, -0.15) is 5.10 Å². The molecule has 0 aliphatic carbocycles. The molecule has 4 heterocycles. The number of hydrogen-bond acceptors (Lipinski definition) is 7. The molecule has 1 N–H and O–H groups in total. The summed E-state index contributed by atoms with van der Waals surface area (Å²) in [4.78, 5) is 31.4. The summed E-state index contributed by atoms with van der Waals surface area (Å²) in [5.41, 5.74) is 9.21. The van der Waals surface area contributed by atoms with Crippen LogP contribution in [0, 0.1) is 0 Å². The lowest BCUT2D eigenvalue weighted by Gasteiger charge is -2.45. The second kappa shape index (κ2) is 14.9. The highest BCUT2D eigenvalue weighted by molar-refractivity contribution is 6.01. The number of Topliss-reactive ketones (excluding diaryl/α,β-unsaturated/α-hetero) is 1. The van der Waals surface area contributed by atoms with Gasteiger partial charge in [-0.1, -0.05) is 33.8 Å². The second-order valence-electron chi connectivity index (χ2n) is 12.6. The Balaban J connectivity index is 0.00000139. The van der Waals surface area contributed by atoms with E-state index >= 15 is 0 Å². The number of hydrogen-bond donors (Lipinski definition) is 1. The molecule has 0 saturated carbocycles. The molecule has 2 aliphatic heterocycles. The number of benzene rings is 2. The molecule has 0 atom stereocenters. The fourth-order valence-electron chi connectivity index (χ4n) is 6.57. The van der Waals surface area contributed by atoms with Crippen LogP contribution in [-0.4, -0.2) is 64.0 Å². The van der Waals surface area contributed by atoms with Crippen LogP contribution >= 0.6 is 0 Å². The molecule has 4 aromatic rings. The van der Waals surface area contributed by atoms with Crippen LogP contribution in [0.4, 0.5) is 0 Å². The van der Waals surface area contributed by atoms with Crippen LogP contribution in [0.5, 0.6) is 5.75 Å². The number of rotatable bonds is 9. The lowest BCUT2D eigenvalue weighted by Crippen LogP contribution is -2.50. The summed E-state index contributed by atoms with van der Waals surface area (Å²) in [7, 11) is 3.94. The Bertz CT molecular complexity index is 1750. The first kappa shape index (κ1) is 33.8. The van der Waals surface area contributed by atoms with E-state index in [0.29, 0.717) is 29.0 Å². The number of ether oxygens (including phenoxy) is 1. The zero-order valence-electron chi connectivity index (χ0n) is 28.4. The Kier molecular flexibility index (Phi) is 10.7. The van der Waals surface area contributed by atoms with E-state index in [1.54, 1.807) is 18.3 Å². The Morgan fingerprint density at radius 1 is 1.06 bits per heavy atom. The number of aldehydes is 1. The van der Waals surface area contributed by atoms with Gasteiger partial charge in [0.05, 0.1) is 23.9 Å². The van der Waals surface area contributed by atoms with Gasteiger partial charge in [0.15, 0.2) is 5.78 Å². The maximum absolute atomic E-state index is 13.4. The summed E-state index contributed by atoms with van der Waals surface area (Å²) in [6.45, 7) is 13.4. The van der Waals surface area contributed by atoms with E-state index in [2.05, 4.69) is 66.0 Å². The number of likely N-dealkylation sites (N-methyl/N-ethyl adjacent to an activating group) is 1. The van der Waals surface area contributed by atoms with Crippen LogP contribution in [0.2, 0.25) is 0 Å². The monoisotopic (exact) mass is 633 g/mol. The lowest BCUT2D eigenvalue weighted by atomic mass is 9.81. The zero-order valence-corrected chi connectivity index (χ0v) is 28.4. The number of aryl methyl sites for hydroxylation is 2. The number of fused-ring (bicyclic) bond motifs is 1. The quantitative estimate of drug-likeness (QED) is 0.196. The van der Waals surface area contributed by atoms with Crippen LogP contribution in [-0.2, 0) is 19.9 Å². The molecule has 2 aromatic heterocycles. The van der Waals surface area contributed by atoms with E-state index in [1.807, 2.05) is 43.2 Å². The molecule has 2 aliphatic rings. The number of piperidine rings is 1. The summed E-state index contributed by atoms with van der Waals surface area (Å²) in [6.07, 6.45) is 11.3. The Morgan fingerprint density at radius 2 is 1.81 bits per heavy atom. The molecule has 0 amide bonds. The van der Waals surface area contributed by atoms with E-state index in [-0.39, 0.29) is 5.78 Å². The van der Waals surface area contributed by atoms with Crippen LogP contribution in [0.15, 0.2) is 67.6 Å². The normalized spacial score (nSPS) is 15.0. The molecule has 6 rings (SSSR count). The first-order valence-corrected chi connectivity index (χ1v) is 16.8. The van der Waals surface area contributed by atoms with E-state index in [0.717, 1.165) is 74.0 Å². The van der Waals surface area contributed by atoms with Gasteiger partial charge in [0.25, 0.3) is 0 Å². The van der Waals surface area contributed by atoms with Gasteiger partial charge in [-0.25, -0.2) is 0 Å². The summed E-state index contributed by atoms with van der Waals surface area (Å²) in [5.74, 6) is 0.705. The first-order chi connectivity index (χ1) is 22.7. The highest BCUT2D eigenvalue weighted by Crippen LogP contribution is 2.42. The van der Waals surface area contributed by atoms with Crippen molar-refractivity contribution in [3.8, 4) is 28.1 Å². The molecule has 246 valence electrons. The van der Waals surface area contributed by atoms with Gasteiger partial charge in [0.2, 0.25) is 0 Å². The fraction of sp³-hybridized carbons (Fsp3) is 0.385. The minimum absolute atomic E-state index is 0.0830. The molecule has 8 heteroatoms. The Morgan fingerprint density at radius 3 is 2.47 bits per heavy atom. The van der Waals surface area contributed by atoms with Crippen molar-refractivity contribution in [1.82, 2.24) is 25.0 Å². The SMILES string of the molecule is C=C(c1cc(CC)c(-c2cnn(C)c2)c(CCNC)c1)N1CCC2(CC1)CC(=O)c1cc(-c3cc(C=O)ccn3)ccc1O2.CCC. The average Bonchev–Trinajstić information content (AvgIpc) is 3.52. The summed E-state index contributed by atoms with van der Waals surface area (Å²) < 4.78 is 8.45. The van der Waals surface area contributed by atoms with Crippen molar-refractivity contribution in [3.05, 3.63) is 95.5 Å². The third kappa shape index (κ3) is 7.38. The van der Waals surface area contributed by atoms with Crippen molar-refractivity contribution < 1.29 is 14.3 Å². The third-order valence-corrected chi connectivity index (χ3v) is 9.02. The van der Waals surface area contributed by atoms with Crippen molar-refractivity contribution in [2.24, 2.45) is 7.05 Å². The van der Waals surface area contributed by atoms with Crippen molar-refractivity contribution in [1.29, 1.82) is 0 Å². The topological polar surface area (TPSA) is 89.4 Å². The van der Waals surface area contributed by atoms with Gasteiger partial charge in [0, 0.05) is 67.8 Å². The van der Waals surface area contributed by atoms with Gasteiger partial charge in [0.1, 0.15) is 17.6 Å². The molecule has 1 fully saturated rings. The van der Waals surface area contributed by atoms with Gasteiger partial charge < -0.3 is 15.0 Å². The smallest absolute Gasteiger partial charge is 0.170 e. The van der Waals surface area contributed by atoms with Crippen molar-refractivity contribution in [3.63, 3.8) is 0 Å². The predicted molar refractivity (Wildman–Crippen MR) is 189 cm³/mol. The van der Waals surface area contributed by atoms with E-state index < -0.39 is 5.60 Å². The molecule has 47 heavy (non-hydrogen) atoms. The molecule has 0 radical (unpaired) electrons. The zero-order chi connectivity index (χ0) is 33.6. The number of ketones is 1. The van der Waals surface area contributed by atoms with Crippen LogP contribution in [0.3, 0.4) is 0 Å². The van der Waals surface area contributed by atoms with Crippen molar-refractivity contribution in [2.75, 3.05) is 26.7 Å². The lowest BCUT2D eigenvalue weighted by molar-refractivity contribution is 0.00212. The van der Waals surface area contributed by atoms with Crippen LogP contribution < -0.4 is 10.1 Å². The number of carbonyl (C=O) groups is 2. The minimum atomic E-state index is -0.519. The minimum Gasteiger partial charge on any atom is -0.486 e. The third-order valence-electron chi connectivity index (χ3n) is 9.02. The fourth-order valence-corrected chi connectivity index (χ4v) is 6.57. The molecule has 1 spiro atoms. The van der Waals surface area contributed by atoms with E-state index in [4.69, 9.17) is 4.74 Å². The Hall–Kier alpha value is -4.56. The standard InChI is InChI=1S/C36H39N5O3.C3H8/c1-5-26-17-29(18-28(9-12-37-3)35(26)30-21-39-40(4)22-30)24(2)41-14-10-36(11-15-41)20-33(43)31-19-27(6-7-34(31)44-36)32-16-25(23-42)8-13-38-32;1-3-2/h6-8,13,16-19,21-23,37H,2,5,9-12,14-15,20H2,1,3-4H3;3H2,1-2H3. The second-order valence-corrected chi connectivity index (χ2v) is 12.6. The number of pyridine rings is 1. The first-order valence-electron chi connectivity index (χ1n) is 16.8.